The molecule has 1 aliphatic carbocycles. The van der Waals surface area contributed by atoms with Crippen molar-refractivity contribution in [2.45, 2.75) is 70.0 Å². The molecule has 0 spiro atoms. The van der Waals surface area contributed by atoms with Crippen molar-refractivity contribution in [2.24, 2.45) is 5.41 Å². The lowest BCUT2D eigenvalue weighted by molar-refractivity contribution is 0.0455. The highest BCUT2D eigenvalue weighted by molar-refractivity contribution is 6.33. The Morgan fingerprint density at radius 1 is 1.19 bits per heavy atom. The van der Waals surface area contributed by atoms with Crippen LogP contribution in [0.2, 0.25) is 5.02 Å². The minimum absolute atomic E-state index is 0.379. The maximum Gasteiger partial charge on any atom is 0.126 e. The van der Waals surface area contributed by atoms with Crippen LogP contribution in [0.5, 0.6) is 0 Å². The first-order valence-corrected chi connectivity index (χ1v) is 13.8. The Balaban J connectivity index is 1.36. The second kappa shape index (κ2) is 13.4. The predicted molar refractivity (Wildman–Crippen MR) is 148 cm³/mol. The van der Waals surface area contributed by atoms with Gasteiger partial charge in [0, 0.05) is 56.8 Å². The molecule has 2 aliphatic rings. The minimum atomic E-state index is -0.420. The Morgan fingerprint density at radius 2 is 1.95 bits per heavy atom. The number of nitriles is 1. The Bertz CT molecular complexity index is 1050. The van der Waals surface area contributed by atoms with Crippen LogP contribution in [0.3, 0.4) is 0 Å². The third-order valence-electron chi connectivity index (χ3n) is 7.59. The first-order chi connectivity index (χ1) is 18.0. The van der Waals surface area contributed by atoms with Gasteiger partial charge in [-0.3, -0.25) is 0 Å². The summed E-state index contributed by atoms with van der Waals surface area (Å²) in [6.45, 7) is 4.74. The number of methoxy groups -OCH3 is 1. The summed E-state index contributed by atoms with van der Waals surface area (Å²) in [5, 5.41) is 21.0. The molecule has 37 heavy (non-hydrogen) atoms. The Kier molecular flexibility index (Phi) is 9.98. The summed E-state index contributed by atoms with van der Waals surface area (Å²) in [6, 6.07) is 11.6. The van der Waals surface area contributed by atoms with Gasteiger partial charge in [0.05, 0.1) is 28.8 Å². The highest BCUT2D eigenvalue weighted by Gasteiger charge is 2.32. The topological polar surface area (TPSA) is 104 Å². The monoisotopic (exact) mass is 526 g/mol. The third-order valence-corrected chi connectivity index (χ3v) is 7.89. The number of anilines is 2. The number of hydrogen-bond acceptors (Lipinski definition) is 8. The van der Waals surface area contributed by atoms with Gasteiger partial charge in [-0.15, -0.1) is 0 Å². The average molecular weight is 527 g/mol. The maximum absolute atomic E-state index is 9.73. The normalized spacial score (nSPS) is 22.1. The number of nitrogens with zero attached hydrogens (tertiary/aromatic N) is 3. The summed E-state index contributed by atoms with van der Waals surface area (Å²) < 4.78 is 10.8. The molecule has 2 aromatic heterocycles. The van der Waals surface area contributed by atoms with Gasteiger partial charge in [-0.05, 0) is 63.1 Å². The highest BCUT2D eigenvalue weighted by Crippen LogP contribution is 2.32. The van der Waals surface area contributed by atoms with Crippen LogP contribution in [0.4, 0.5) is 11.6 Å². The molecular weight excluding hydrogens is 488 g/mol. The van der Waals surface area contributed by atoms with Crippen LogP contribution in [0, 0.1) is 16.7 Å². The lowest BCUT2D eigenvalue weighted by Crippen LogP contribution is -2.44. The van der Waals surface area contributed by atoms with E-state index in [1.54, 1.807) is 13.3 Å². The van der Waals surface area contributed by atoms with E-state index >= 15 is 0 Å². The Labute approximate surface area is 225 Å². The summed E-state index contributed by atoms with van der Waals surface area (Å²) in [4.78, 5) is 9.33. The maximum atomic E-state index is 9.73. The second-order valence-corrected chi connectivity index (χ2v) is 10.6. The van der Waals surface area contributed by atoms with Gasteiger partial charge < -0.3 is 25.4 Å². The molecule has 9 heteroatoms. The van der Waals surface area contributed by atoms with Crippen molar-refractivity contribution in [2.75, 3.05) is 44.1 Å². The first-order valence-electron chi connectivity index (χ1n) is 13.4. The van der Waals surface area contributed by atoms with Crippen molar-refractivity contribution in [3.63, 3.8) is 0 Å². The van der Waals surface area contributed by atoms with Crippen LogP contribution in [0.25, 0.3) is 11.3 Å². The Morgan fingerprint density at radius 3 is 2.65 bits per heavy atom. The van der Waals surface area contributed by atoms with E-state index in [1.807, 2.05) is 24.3 Å². The molecule has 2 fully saturated rings. The number of aromatic nitrogens is 2. The van der Waals surface area contributed by atoms with Crippen molar-refractivity contribution in [1.29, 1.82) is 5.26 Å². The molecule has 1 unspecified atom stereocenters. The largest absolute Gasteiger partial charge is 0.383 e. The standard InChI is InChI=1S/C28H39ClN6O2/c1-3-20(17-36-2)33-21-7-9-22(10-8-21)34-27-15-23(24(29)16-31-27)25-5-4-6-26(35-25)32-19-28(18-30)11-13-37-14-12-28/h4-6,15-16,20-22,33H,3,7-14,17,19H2,1-2H3,(H,31,34)(H,32,35). The fourth-order valence-corrected chi connectivity index (χ4v) is 5.38. The number of hydrogen-bond donors (Lipinski definition) is 3. The van der Waals surface area contributed by atoms with Gasteiger partial charge in [-0.25, -0.2) is 9.97 Å². The molecule has 0 amide bonds. The second-order valence-electron chi connectivity index (χ2n) is 10.2. The molecule has 3 heterocycles. The molecule has 2 aromatic rings. The summed E-state index contributed by atoms with van der Waals surface area (Å²) in [7, 11) is 1.76. The van der Waals surface area contributed by atoms with Gasteiger partial charge in [0.2, 0.25) is 0 Å². The highest BCUT2D eigenvalue weighted by atomic mass is 35.5. The molecule has 1 atom stereocenters. The summed E-state index contributed by atoms with van der Waals surface area (Å²) in [5.41, 5.74) is 1.19. The fourth-order valence-electron chi connectivity index (χ4n) is 5.18. The average Bonchev–Trinajstić information content (AvgIpc) is 2.94. The van der Waals surface area contributed by atoms with Gasteiger partial charge in [0.25, 0.3) is 0 Å². The van der Waals surface area contributed by atoms with E-state index in [0.717, 1.165) is 74.4 Å². The van der Waals surface area contributed by atoms with E-state index in [2.05, 4.69) is 33.9 Å². The lowest BCUT2D eigenvalue weighted by Gasteiger charge is -2.32. The number of pyridine rings is 2. The van der Waals surface area contributed by atoms with Crippen molar-refractivity contribution in [1.82, 2.24) is 15.3 Å². The zero-order valence-electron chi connectivity index (χ0n) is 21.9. The molecule has 0 aromatic carbocycles. The molecule has 0 bridgehead atoms. The van der Waals surface area contributed by atoms with Crippen molar-refractivity contribution in [3.05, 3.63) is 35.5 Å². The van der Waals surface area contributed by atoms with Gasteiger partial charge in [0.1, 0.15) is 11.6 Å². The number of nitrogens with one attached hydrogen (secondary N) is 3. The molecule has 4 rings (SSSR count). The van der Waals surface area contributed by atoms with Crippen molar-refractivity contribution >= 4 is 23.2 Å². The molecular formula is C28H39ClN6O2. The van der Waals surface area contributed by atoms with Crippen LogP contribution >= 0.6 is 11.6 Å². The van der Waals surface area contributed by atoms with Gasteiger partial charge in [-0.1, -0.05) is 24.6 Å². The van der Waals surface area contributed by atoms with Gasteiger partial charge >= 0.3 is 0 Å². The lowest BCUT2D eigenvalue weighted by atomic mass is 9.82. The molecule has 1 saturated heterocycles. The van der Waals surface area contributed by atoms with E-state index < -0.39 is 5.41 Å². The van der Waals surface area contributed by atoms with E-state index in [-0.39, 0.29) is 0 Å². The van der Waals surface area contributed by atoms with E-state index in [4.69, 9.17) is 26.1 Å². The fraction of sp³-hybridized carbons (Fsp3) is 0.607. The van der Waals surface area contributed by atoms with E-state index in [0.29, 0.717) is 42.9 Å². The van der Waals surface area contributed by atoms with Crippen molar-refractivity contribution < 1.29 is 9.47 Å². The van der Waals surface area contributed by atoms with Crippen LogP contribution in [0.1, 0.15) is 51.9 Å². The van der Waals surface area contributed by atoms with Crippen LogP contribution in [0.15, 0.2) is 30.5 Å². The SMILES string of the molecule is CCC(COC)NC1CCC(Nc2cc(-c3cccc(NCC4(C#N)CCOCC4)n3)c(Cl)cn2)CC1. The summed E-state index contributed by atoms with van der Waals surface area (Å²) in [5.74, 6) is 1.54. The van der Waals surface area contributed by atoms with Gasteiger partial charge in [-0.2, -0.15) is 5.26 Å². The molecule has 1 saturated carbocycles. The summed E-state index contributed by atoms with van der Waals surface area (Å²) in [6.07, 6.45) is 8.65. The predicted octanol–water partition coefficient (Wildman–Crippen LogP) is 5.27. The minimum Gasteiger partial charge on any atom is -0.383 e. The quantitative estimate of drug-likeness (QED) is 0.364. The van der Waals surface area contributed by atoms with E-state index in [9.17, 15) is 5.26 Å². The zero-order valence-corrected chi connectivity index (χ0v) is 22.7. The molecule has 3 N–H and O–H groups in total. The first kappa shape index (κ1) is 27.6. The molecule has 1 aliphatic heterocycles. The summed E-state index contributed by atoms with van der Waals surface area (Å²) >= 11 is 6.55. The zero-order chi connectivity index (χ0) is 26.1. The smallest absolute Gasteiger partial charge is 0.126 e. The van der Waals surface area contributed by atoms with Crippen LogP contribution < -0.4 is 16.0 Å². The number of ether oxygens (including phenoxy) is 2. The molecule has 8 nitrogen and oxygen atoms in total. The van der Waals surface area contributed by atoms with Crippen molar-refractivity contribution in [3.8, 4) is 17.3 Å². The van der Waals surface area contributed by atoms with E-state index in [1.165, 1.54) is 0 Å². The third kappa shape index (κ3) is 7.55. The Hall–Kier alpha value is -2.44. The molecule has 200 valence electrons. The van der Waals surface area contributed by atoms with Gasteiger partial charge in [0.15, 0.2) is 0 Å². The van der Waals surface area contributed by atoms with Crippen LogP contribution in [-0.2, 0) is 9.47 Å². The number of halogens is 1. The molecule has 0 radical (unpaired) electrons. The van der Waals surface area contributed by atoms with Crippen LogP contribution in [-0.4, -0.2) is 61.6 Å². The number of rotatable bonds is 11.